The van der Waals surface area contributed by atoms with Gasteiger partial charge in [-0.05, 0) is 79.1 Å². The van der Waals surface area contributed by atoms with Crippen LogP contribution in [0, 0.1) is 12.8 Å². The van der Waals surface area contributed by atoms with Crippen molar-refractivity contribution in [1.82, 2.24) is 4.98 Å². The molecule has 2 heterocycles. The second-order valence-corrected chi connectivity index (χ2v) is 11.5. The summed E-state index contributed by atoms with van der Waals surface area (Å²) in [6.45, 7) is 2.32. The Bertz CT molecular complexity index is 1810. The van der Waals surface area contributed by atoms with Gasteiger partial charge >= 0.3 is 6.03 Å². The minimum atomic E-state index is -1.36. The summed E-state index contributed by atoms with van der Waals surface area (Å²) < 4.78 is 0.968. The van der Waals surface area contributed by atoms with Crippen LogP contribution in [0.4, 0.5) is 16.2 Å². The van der Waals surface area contributed by atoms with Gasteiger partial charge in [-0.2, -0.15) is 0 Å². The van der Waals surface area contributed by atoms with Crippen molar-refractivity contribution in [3.63, 3.8) is 0 Å². The Morgan fingerprint density at radius 1 is 0.837 bits per heavy atom. The normalized spacial score (nSPS) is 14.7. The Hall–Kier alpha value is -4.53. The quantitative estimate of drug-likeness (QED) is 0.144. The molecule has 0 atom stereocenters. The van der Waals surface area contributed by atoms with Crippen molar-refractivity contribution in [3.8, 4) is 0 Å². The number of aromatic amines is 1. The molecule has 1 N–H and O–H groups in total. The average molecular weight is 654 g/mol. The molecule has 5 aromatic rings. The number of carbonyl (C=O) groups excluding carboxylic acids is 3. The lowest BCUT2D eigenvalue weighted by atomic mass is 9.91. The summed E-state index contributed by atoms with van der Waals surface area (Å²) in [5.74, 6) is -2.68. The molecule has 214 valence electrons. The number of halogens is 2. The van der Waals surface area contributed by atoms with E-state index in [4.69, 9.17) is 16.6 Å². The van der Waals surface area contributed by atoms with Gasteiger partial charge in [0.25, 0.3) is 11.8 Å². The summed E-state index contributed by atoms with van der Waals surface area (Å²) >= 11 is 9.76. The van der Waals surface area contributed by atoms with E-state index in [1.54, 1.807) is 84.9 Å². The fraction of sp³-hybridized carbons (Fsp3) is 0.118. The minimum absolute atomic E-state index is 0.278. The molecule has 0 spiro atoms. The van der Waals surface area contributed by atoms with Gasteiger partial charge in [0.1, 0.15) is 0 Å². The number of hydrogen-bond acceptors (Lipinski definition) is 4. The van der Waals surface area contributed by atoms with E-state index in [9.17, 15) is 14.4 Å². The number of nitrogens with one attached hydrogen (secondary N) is 1. The second-order valence-electron chi connectivity index (χ2n) is 10.2. The third-order valence-electron chi connectivity index (χ3n) is 7.48. The topological polar surface area (TPSA) is 85.8 Å². The van der Waals surface area contributed by atoms with Crippen LogP contribution in [-0.4, -0.2) is 35.1 Å². The molecule has 1 aromatic heterocycles. The first kappa shape index (κ1) is 28.6. The number of barbiturate groups is 1. The van der Waals surface area contributed by atoms with E-state index < -0.39 is 23.8 Å². The fourth-order valence-electron chi connectivity index (χ4n) is 5.45. The first-order valence-corrected chi connectivity index (χ1v) is 14.9. The van der Waals surface area contributed by atoms with Gasteiger partial charge in [0.2, 0.25) is 0 Å². The molecule has 1 fully saturated rings. The van der Waals surface area contributed by atoms with Crippen molar-refractivity contribution in [3.05, 3.63) is 129 Å². The van der Waals surface area contributed by atoms with Crippen LogP contribution in [0.5, 0.6) is 0 Å². The first-order chi connectivity index (χ1) is 20.8. The van der Waals surface area contributed by atoms with Crippen molar-refractivity contribution in [1.29, 1.82) is 0 Å². The Morgan fingerprint density at radius 3 is 2.00 bits per heavy atom. The maximum absolute atomic E-state index is 14.2. The number of amides is 4. The van der Waals surface area contributed by atoms with E-state index in [-0.39, 0.29) is 5.71 Å². The third kappa shape index (κ3) is 5.51. The van der Waals surface area contributed by atoms with Gasteiger partial charge in [-0.25, -0.2) is 14.6 Å². The van der Waals surface area contributed by atoms with Crippen molar-refractivity contribution in [2.75, 3.05) is 16.3 Å². The molecule has 6 rings (SSSR count). The molecule has 43 heavy (non-hydrogen) atoms. The number of urea groups is 1. The number of imide groups is 2. The Labute approximate surface area is 261 Å². The van der Waals surface area contributed by atoms with Crippen LogP contribution in [0.3, 0.4) is 0 Å². The molecule has 9 heteroatoms. The lowest BCUT2D eigenvalue weighted by Crippen LogP contribution is -2.62. The van der Waals surface area contributed by atoms with Crippen LogP contribution in [0.25, 0.3) is 10.9 Å². The number of H-pyrrole nitrogens is 1. The van der Waals surface area contributed by atoms with E-state index in [0.717, 1.165) is 36.4 Å². The van der Waals surface area contributed by atoms with Gasteiger partial charge in [-0.15, -0.1) is 0 Å². The first-order valence-electron chi connectivity index (χ1n) is 13.7. The highest BCUT2D eigenvalue weighted by Gasteiger charge is 2.49. The number of para-hydroxylation sites is 2. The molecule has 1 saturated heterocycles. The molecular formula is C34H26BrClN4O3. The number of aliphatic imine (C=N–C) groups is 1. The summed E-state index contributed by atoms with van der Waals surface area (Å²) in [7, 11) is 0. The average Bonchev–Trinajstić information content (AvgIpc) is 3.31. The number of hydrogen-bond donors (Lipinski definition) is 1. The maximum Gasteiger partial charge on any atom is 0.342 e. The molecule has 0 radical (unpaired) electrons. The van der Waals surface area contributed by atoms with E-state index in [1.165, 1.54) is 0 Å². The molecule has 0 unspecified atom stereocenters. The molecule has 4 aromatic carbocycles. The summed E-state index contributed by atoms with van der Waals surface area (Å²) in [5, 5.41) is 1.59. The summed E-state index contributed by atoms with van der Waals surface area (Å²) in [4.78, 5) is 52.7. The zero-order chi connectivity index (χ0) is 30.1. The maximum atomic E-state index is 14.2. The highest BCUT2D eigenvalue weighted by molar-refractivity contribution is 9.10. The van der Waals surface area contributed by atoms with Crippen LogP contribution in [0.15, 0.2) is 113 Å². The van der Waals surface area contributed by atoms with E-state index in [0.29, 0.717) is 34.9 Å². The Balaban J connectivity index is 1.45. The minimum Gasteiger partial charge on any atom is -0.358 e. The molecule has 1 aliphatic heterocycles. The van der Waals surface area contributed by atoms with Crippen molar-refractivity contribution in [2.45, 2.75) is 13.3 Å². The van der Waals surface area contributed by atoms with E-state index >= 15 is 0 Å². The smallest absolute Gasteiger partial charge is 0.342 e. The largest absolute Gasteiger partial charge is 0.358 e. The number of carbonyl (C=O) groups is 3. The van der Waals surface area contributed by atoms with Crippen LogP contribution in [0.1, 0.15) is 16.8 Å². The van der Waals surface area contributed by atoms with Crippen LogP contribution in [-0.2, 0) is 16.0 Å². The number of aromatic nitrogens is 1. The number of fused-ring (bicyclic) bond motifs is 1. The predicted octanol–water partition coefficient (Wildman–Crippen LogP) is 7.74. The van der Waals surface area contributed by atoms with E-state index in [1.807, 2.05) is 19.1 Å². The third-order valence-corrected chi connectivity index (χ3v) is 8.23. The van der Waals surface area contributed by atoms with Crippen molar-refractivity contribution in [2.24, 2.45) is 10.9 Å². The van der Waals surface area contributed by atoms with Crippen LogP contribution in [0.2, 0.25) is 5.02 Å². The highest BCUT2D eigenvalue weighted by atomic mass is 79.9. The molecule has 1 aliphatic rings. The monoisotopic (exact) mass is 652 g/mol. The van der Waals surface area contributed by atoms with Crippen LogP contribution >= 0.6 is 27.5 Å². The van der Waals surface area contributed by atoms with Gasteiger partial charge in [0.15, 0.2) is 5.92 Å². The molecule has 0 bridgehead atoms. The number of anilines is 2. The Kier molecular flexibility index (Phi) is 7.97. The van der Waals surface area contributed by atoms with Gasteiger partial charge < -0.3 is 4.98 Å². The van der Waals surface area contributed by atoms with Crippen LogP contribution < -0.4 is 9.80 Å². The fourth-order valence-corrected chi connectivity index (χ4v) is 5.94. The summed E-state index contributed by atoms with van der Waals surface area (Å²) in [6, 6.07) is 29.4. The molecule has 0 aliphatic carbocycles. The van der Waals surface area contributed by atoms with Gasteiger partial charge in [-0.1, -0.05) is 76.1 Å². The molecular weight excluding hydrogens is 628 g/mol. The summed E-state index contributed by atoms with van der Waals surface area (Å²) in [5.41, 5.74) is 4.73. The molecule has 0 saturated carbocycles. The van der Waals surface area contributed by atoms with Gasteiger partial charge in [0.05, 0.1) is 17.1 Å². The van der Waals surface area contributed by atoms with Gasteiger partial charge in [-0.3, -0.25) is 14.6 Å². The lowest BCUT2D eigenvalue weighted by molar-refractivity contribution is -0.129. The Morgan fingerprint density at radius 2 is 1.42 bits per heavy atom. The van der Waals surface area contributed by atoms with Gasteiger partial charge in [0, 0.05) is 32.6 Å². The zero-order valence-corrected chi connectivity index (χ0v) is 25.5. The van der Waals surface area contributed by atoms with E-state index in [2.05, 4.69) is 27.0 Å². The molecule has 4 amide bonds. The predicted molar refractivity (Wildman–Crippen MR) is 174 cm³/mol. The summed E-state index contributed by atoms with van der Waals surface area (Å²) in [6.07, 6.45) is 0.568. The standard InChI is InChI=1S/C34H26BrClN4O3/c1-21-27(28-20-23(35)14-17-29(28)38-21)18-19-37-31(22-12-15-24(36)16-13-22)30-32(41)39(25-8-4-2-5-9-25)34(43)40(33(30)42)26-10-6-3-7-11-26/h2-17,20,30,38H,18-19H2,1H3. The number of aryl methyl sites for hydroxylation is 1. The second kappa shape index (κ2) is 12.0. The number of rotatable bonds is 7. The molecule has 7 nitrogen and oxygen atoms in total. The zero-order valence-electron chi connectivity index (χ0n) is 23.1. The SMILES string of the molecule is Cc1[nH]c2ccc(Br)cc2c1CCN=C(c1ccc(Cl)cc1)C1C(=O)N(c2ccccc2)C(=O)N(c2ccccc2)C1=O. The number of benzene rings is 4. The number of nitrogens with zero attached hydrogens (tertiary/aromatic N) is 3. The highest BCUT2D eigenvalue weighted by Crippen LogP contribution is 2.32. The van der Waals surface area contributed by atoms with Crippen molar-refractivity contribution >= 4 is 73.4 Å². The van der Waals surface area contributed by atoms with Crippen molar-refractivity contribution < 1.29 is 14.4 Å². The lowest BCUT2D eigenvalue weighted by Gasteiger charge is -2.37.